The molecule has 1 heterocycles. The van der Waals surface area contributed by atoms with Crippen LogP contribution >= 0.6 is 0 Å². The van der Waals surface area contributed by atoms with Gasteiger partial charge in [-0.15, -0.1) is 0 Å². The van der Waals surface area contributed by atoms with Gasteiger partial charge >= 0.3 is 6.18 Å². The highest BCUT2D eigenvalue weighted by Gasteiger charge is 2.26. The average molecular weight is 260 g/mol. The highest BCUT2D eigenvalue weighted by atomic mass is 19.4. The highest BCUT2D eigenvalue weighted by molar-refractivity contribution is 5.07. The lowest BCUT2D eigenvalue weighted by molar-refractivity contribution is -0.135. The molecule has 0 spiro atoms. The van der Waals surface area contributed by atoms with Crippen LogP contribution in [0.4, 0.5) is 13.2 Å². The second-order valence-electron chi connectivity index (χ2n) is 4.55. The molecular formula is C13H19F3N2. The van der Waals surface area contributed by atoms with Gasteiger partial charge < -0.3 is 5.32 Å². The summed E-state index contributed by atoms with van der Waals surface area (Å²) in [5.74, 6) is 0. The van der Waals surface area contributed by atoms with E-state index < -0.39 is 12.6 Å². The van der Waals surface area contributed by atoms with Crippen LogP contribution in [0.1, 0.15) is 44.8 Å². The van der Waals surface area contributed by atoms with Gasteiger partial charge in [0.15, 0.2) is 0 Å². The topological polar surface area (TPSA) is 24.9 Å². The van der Waals surface area contributed by atoms with Gasteiger partial charge in [-0.3, -0.25) is 4.98 Å². The summed E-state index contributed by atoms with van der Waals surface area (Å²) in [7, 11) is 0. The van der Waals surface area contributed by atoms with E-state index in [9.17, 15) is 13.2 Å². The zero-order valence-corrected chi connectivity index (χ0v) is 10.7. The van der Waals surface area contributed by atoms with Crippen LogP contribution in [0.2, 0.25) is 0 Å². The molecule has 1 rings (SSSR count). The van der Waals surface area contributed by atoms with Crippen LogP contribution < -0.4 is 5.32 Å². The predicted molar refractivity (Wildman–Crippen MR) is 65.2 cm³/mol. The van der Waals surface area contributed by atoms with E-state index in [1.54, 1.807) is 6.20 Å². The molecule has 2 atom stereocenters. The molecule has 0 aromatic carbocycles. The third kappa shape index (κ3) is 6.00. The van der Waals surface area contributed by atoms with Crippen molar-refractivity contribution in [3.8, 4) is 0 Å². The minimum atomic E-state index is -4.05. The highest BCUT2D eigenvalue weighted by Crippen LogP contribution is 2.23. The Labute approximate surface area is 106 Å². The van der Waals surface area contributed by atoms with Gasteiger partial charge in [-0.1, -0.05) is 6.07 Å². The van der Waals surface area contributed by atoms with Crippen molar-refractivity contribution < 1.29 is 13.2 Å². The maximum Gasteiger partial charge on any atom is 0.389 e. The first-order chi connectivity index (χ1) is 8.38. The minimum absolute atomic E-state index is 0.0457. The summed E-state index contributed by atoms with van der Waals surface area (Å²) in [5.41, 5.74) is 0.903. The zero-order chi connectivity index (χ0) is 13.6. The monoisotopic (exact) mass is 260 g/mol. The van der Waals surface area contributed by atoms with Gasteiger partial charge in [-0.25, -0.2) is 0 Å². The molecule has 1 N–H and O–H groups in total. The van der Waals surface area contributed by atoms with Crippen molar-refractivity contribution in [2.24, 2.45) is 0 Å². The molecule has 0 aliphatic rings. The summed E-state index contributed by atoms with van der Waals surface area (Å²) in [6.45, 7) is 3.86. The molecule has 1 aromatic heterocycles. The lowest BCUT2D eigenvalue weighted by Crippen LogP contribution is -2.29. The fourth-order valence-electron chi connectivity index (χ4n) is 1.84. The quantitative estimate of drug-likeness (QED) is 0.840. The Bertz CT molecular complexity index is 338. The first-order valence-corrected chi connectivity index (χ1v) is 6.12. The normalized spacial score (nSPS) is 15.4. The SMILES string of the molecule is CC(CCCC(F)(F)F)N[C@H](C)c1ccccn1. The van der Waals surface area contributed by atoms with Gasteiger partial charge in [-0.2, -0.15) is 13.2 Å². The van der Waals surface area contributed by atoms with E-state index in [1.807, 2.05) is 32.0 Å². The van der Waals surface area contributed by atoms with Crippen molar-refractivity contribution in [2.45, 2.75) is 51.4 Å². The van der Waals surface area contributed by atoms with Gasteiger partial charge in [0.1, 0.15) is 0 Å². The summed E-state index contributed by atoms with van der Waals surface area (Å²) < 4.78 is 36.0. The second-order valence-corrected chi connectivity index (χ2v) is 4.55. The van der Waals surface area contributed by atoms with Gasteiger partial charge in [0.2, 0.25) is 0 Å². The van der Waals surface area contributed by atoms with Crippen molar-refractivity contribution in [2.75, 3.05) is 0 Å². The molecule has 18 heavy (non-hydrogen) atoms. The van der Waals surface area contributed by atoms with Gasteiger partial charge in [-0.05, 0) is 38.8 Å². The molecule has 0 bridgehead atoms. The summed E-state index contributed by atoms with van der Waals surface area (Å²) in [5, 5.41) is 3.25. The third-order valence-electron chi connectivity index (χ3n) is 2.76. The summed E-state index contributed by atoms with van der Waals surface area (Å²) in [6.07, 6.45) is -2.38. The number of halogens is 3. The van der Waals surface area contributed by atoms with Crippen LogP contribution in [0.3, 0.4) is 0 Å². The molecule has 1 aromatic rings. The Kier molecular flexibility index (Phi) is 5.59. The Balaban J connectivity index is 2.30. The van der Waals surface area contributed by atoms with E-state index >= 15 is 0 Å². The van der Waals surface area contributed by atoms with E-state index in [-0.39, 0.29) is 18.5 Å². The van der Waals surface area contributed by atoms with Crippen molar-refractivity contribution in [1.82, 2.24) is 10.3 Å². The Morgan fingerprint density at radius 1 is 1.28 bits per heavy atom. The van der Waals surface area contributed by atoms with E-state index in [2.05, 4.69) is 10.3 Å². The standard InChI is InChI=1S/C13H19F3N2/c1-10(6-5-8-13(14,15)16)18-11(2)12-7-3-4-9-17-12/h3-4,7,9-11,18H,5-6,8H2,1-2H3/t10?,11-/m1/s1. The van der Waals surface area contributed by atoms with Crippen molar-refractivity contribution in [3.63, 3.8) is 0 Å². The Morgan fingerprint density at radius 3 is 2.56 bits per heavy atom. The fourth-order valence-corrected chi connectivity index (χ4v) is 1.84. The van der Waals surface area contributed by atoms with Gasteiger partial charge in [0.05, 0.1) is 5.69 Å². The third-order valence-corrected chi connectivity index (χ3v) is 2.76. The molecule has 0 aliphatic heterocycles. The zero-order valence-electron chi connectivity index (χ0n) is 10.7. The van der Waals surface area contributed by atoms with Crippen LogP contribution in [0.15, 0.2) is 24.4 Å². The molecule has 1 unspecified atom stereocenters. The molecule has 0 amide bonds. The van der Waals surface area contributed by atoms with E-state index in [0.29, 0.717) is 6.42 Å². The predicted octanol–water partition coefficient (Wildman–Crippen LogP) is 3.85. The molecule has 102 valence electrons. The van der Waals surface area contributed by atoms with E-state index in [4.69, 9.17) is 0 Å². The molecule has 0 fully saturated rings. The molecule has 0 saturated heterocycles. The largest absolute Gasteiger partial charge is 0.389 e. The van der Waals surface area contributed by atoms with Crippen LogP contribution in [0.25, 0.3) is 0 Å². The lowest BCUT2D eigenvalue weighted by Gasteiger charge is -2.19. The number of rotatable bonds is 6. The fraction of sp³-hybridized carbons (Fsp3) is 0.615. The van der Waals surface area contributed by atoms with Gasteiger partial charge in [0, 0.05) is 24.7 Å². The molecule has 0 radical (unpaired) electrons. The number of nitrogens with zero attached hydrogens (tertiary/aromatic N) is 1. The van der Waals surface area contributed by atoms with E-state index in [1.165, 1.54) is 0 Å². The summed E-state index contributed by atoms with van der Waals surface area (Å²) >= 11 is 0. The molecule has 0 saturated carbocycles. The Hall–Kier alpha value is -1.10. The van der Waals surface area contributed by atoms with Crippen LogP contribution in [-0.4, -0.2) is 17.2 Å². The first-order valence-electron chi connectivity index (χ1n) is 6.12. The molecular weight excluding hydrogens is 241 g/mol. The number of alkyl halides is 3. The average Bonchev–Trinajstić information content (AvgIpc) is 2.28. The first kappa shape index (κ1) is 15.0. The Morgan fingerprint density at radius 2 is 2.00 bits per heavy atom. The van der Waals surface area contributed by atoms with Crippen LogP contribution in [-0.2, 0) is 0 Å². The smallest absolute Gasteiger partial charge is 0.306 e. The number of hydrogen-bond acceptors (Lipinski definition) is 2. The lowest BCUT2D eigenvalue weighted by atomic mass is 10.1. The molecule has 0 aliphatic carbocycles. The molecule has 5 heteroatoms. The summed E-state index contributed by atoms with van der Waals surface area (Å²) in [4.78, 5) is 4.21. The molecule has 2 nitrogen and oxygen atoms in total. The minimum Gasteiger partial charge on any atom is -0.306 e. The summed E-state index contributed by atoms with van der Waals surface area (Å²) in [6, 6.07) is 5.73. The number of aromatic nitrogens is 1. The number of pyridine rings is 1. The number of hydrogen-bond donors (Lipinski definition) is 1. The van der Waals surface area contributed by atoms with Crippen molar-refractivity contribution in [1.29, 1.82) is 0 Å². The van der Waals surface area contributed by atoms with Crippen LogP contribution in [0.5, 0.6) is 0 Å². The maximum absolute atomic E-state index is 12.0. The van der Waals surface area contributed by atoms with Crippen molar-refractivity contribution in [3.05, 3.63) is 30.1 Å². The second kappa shape index (κ2) is 6.73. The van der Waals surface area contributed by atoms with Crippen molar-refractivity contribution >= 4 is 0 Å². The number of nitrogens with one attached hydrogen (secondary N) is 1. The van der Waals surface area contributed by atoms with Crippen LogP contribution in [0, 0.1) is 0 Å². The maximum atomic E-state index is 12.0. The van der Waals surface area contributed by atoms with Gasteiger partial charge in [0.25, 0.3) is 0 Å². The van der Waals surface area contributed by atoms with E-state index in [0.717, 1.165) is 5.69 Å².